The topological polar surface area (TPSA) is 40.5 Å². The van der Waals surface area contributed by atoms with Gasteiger partial charge in [0.25, 0.3) is 5.56 Å². The van der Waals surface area contributed by atoms with Crippen LogP contribution in [-0.4, -0.2) is 18.3 Å². The molecule has 0 N–H and O–H groups in total. The Balaban J connectivity index is 1.90. The number of hydrogen-bond acceptors (Lipinski definition) is 3. The third-order valence-corrected chi connectivity index (χ3v) is 4.36. The Morgan fingerprint density at radius 2 is 1.70 bits per heavy atom. The van der Waals surface area contributed by atoms with Crippen molar-refractivity contribution in [2.75, 3.05) is 13.7 Å². The van der Waals surface area contributed by atoms with Crippen molar-refractivity contribution in [3.63, 3.8) is 0 Å². The molecule has 0 spiro atoms. The number of aromatic nitrogens is 1. The fraction of sp³-hybridized carbons (Fsp3) is 0.174. The van der Waals surface area contributed by atoms with Gasteiger partial charge in [0, 0.05) is 18.3 Å². The number of halogens is 3. The highest BCUT2D eigenvalue weighted by Gasteiger charge is 2.29. The Morgan fingerprint density at radius 3 is 2.27 bits per heavy atom. The van der Waals surface area contributed by atoms with Crippen molar-refractivity contribution in [1.82, 2.24) is 4.57 Å². The molecule has 0 saturated heterocycles. The van der Waals surface area contributed by atoms with Crippen molar-refractivity contribution in [3.05, 3.63) is 88.9 Å². The second-order valence-electron chi connectivity index (χ2n) is 6.78. The normalized spacial score (nSPS) is 11.2. The van der Waals surface area contributed by atoms with Gasteiger partial charge in [0.2, 0.25) is 0 Å². The van der Waals surface area contributed by atoms with Gasteiger partial charge in [-0.2, -0.15) is 13.2 Å². The van der Waals surface area contributed by atoms with Crippen LogP contribution >= 0.6 is 0 Å². The molecule has 4 nitrogen and oxygen atoms in total. The summed E-state index contributed by atoms with van der Waals surface area (Å²) in [5, 5.41) is 0. The van der Waals surface area contributed by atoms with Crippen LogP contribution in [0.3, 0.4) is 0 Å². The smallest absolute Gasteiger partial charge is 0.416 e. The number of ether oxygens (including phenoxy) is 2. The van der Waals surface area contributed by atoms with Crippen LogP contribution in [0, 0.1) is 0 Å². The van der Waals surface area contributed by atoms with Gasteiger partial charge in [0.05, 0.1) is 18.4 Å². The monoisotopic (exact) mass is 415 g/mol. The summed E-state index contributed by atoms with van der Waals surface area (Å²) in [7, 11) is 1.50. The maximum Gasteiger partial charge on any atom is 0.416 e. The second-order valence-corrected chi connectivity index (χ2v) is 6.78. The molecular weight excluding hydrogens is 395 g/mol. The molecule has 2 aromatic carbocycles. The zero-order chi connectivity index (χ0) is 21.9. The molecule has 0 radical (unpaired) electrons. The van der Waals surface area contributed by atoms with Gasteiger partial charge in [-0.25, -0.2) is 0 Å². The minimum absolute atomic E-state index is 0.329. The number of alkyl halides is 3. The van der Waals surface area contributed by atoms with E-state index in [0.717, 1.165) is 17.7 Å². The molecule has 1 heterocycles. The highest BCUT2D eigenvalue weighted by atomic mass is 19.4. The molecule has 0 unspecified atom stereocenters. The summed E-state index contributed by atoms with van der Waals surface area (Å²) in [4.78, 5) is 12.6. The lowest BCUT2D eigenvalue weighted by Gasteiger charge is -2.13. The maximum absolute atomic E-state index is 12.7. The highest BCUT2D eigenvalue weighted by molar-refractivity contribution is 5.63. The quantitative estimate of drug-likeness (QED) is 0.500. The van der Waals surface area contributed by atoms with E-state index in [-0.39, 0.29) is 5.56 Å². The fourth-order valence-corrected chi connectivity index (χ4v) is 2.85. The first kappa shape index (κ1) is 21.2. The molecule has 3 aromatic rings. The van der Waals surface area contributed by atoms with E-state index in [1.807, 2.05) is 6.92 Å². The summed E-state index contributed by atoms with van der Waals surface area (Å²) < 4.78 is 50.6. The van der Waals surface area contributed by atoms with Gasteiger partial charge in [-0.3, -0.25) is 9.36 Å². The van der Waals surface area contributed by atoms with E-state index in [4.69, 9.17) is 9.47 Å². The lowest BCUT2D eigenvalue weighted by molar-refractivity contribution is -0.137. The van der Waals surface area contributed by atoms with Gasteiger partial charge in [0.1, 0.15) is 6.61 Å². The van der Waals surface area contributed by atoms with Crippen LogP contribution < -0.4 is 15.0 Å². The average Bonchev–Trinajstić information content (AvgIpc) is 2.71. The third kappa shape index (κ3) is 4.74. The summed E-state index contributed by atoms with van der Waals surface area (Å²) in [6.07, 6.45) is -2.83. The SMILES string of the molecule is C=C(C)COc1ccc(-n2ccc(-c3ccc(C(F)(F)F)cc3)cc2=O)cc1OC. The number of nitrogens with zero attached hydrogens (tertiary/aromatic N) is 1. The minimum atomic E-state index is -4.40. The third-order valence-electron chi connectivity index (χ3n) is 4.36. The Hall–Kier alpha value is -3.48. The lowest BCUT2D eigenvalue weighted by atomic mass is 10.0. The molecule has 0 aliphatic rings. The first-order chi connectivity index (χ1) is 14.2. The van der Waals surface area contributed by atoms with Gasteiger partial charge in [-0.05, 0) is 54.0 Å². The highest BCUT2D eigenvalue weighted by Crippen LogP contribution is 2.31. The zero-order valence-electron chi connectivity index (χ0n) is 16.5. The van der Waals surface area contributed by atoms with Gasteiger partial charge in [0.15, 0.2) is 11.5 Å². The van der Waals surface area contributed by atoms with Crippen LogP contribution in [0.15, 0.2) is 77.7 Å². The summed E-state index contributed by atoms with van der Waals surface area (Å²) in [5.41, 5.74) is 1.41. The van der Waals surface area contributed by atoms with Crippen molar-refractivity contribution < 1.29 is 22.6 Å². The van der Waals surface area contributed by atoms with Gasteiger partial charge in [-0.1, -0.05) is 18.7 Å². The van der Waals surface area contributed by atoms with E-state index >= 15 is 0 Å². The lowest BCUT2D eigenvalue weighted by Crippen LogP contribution is -2.16. The summed E-state index contributed by atoms with van der Waals surface area (Å²) in [6.45, 7) is 5.98. The fourth-order valence-electron chi connectivity index (χ4n) is 2.85. The Morgan fingerprint density at radius 1 is 1.00 bits per heavy atom. The molecular formula is C23H20F3NO3. The van der Waals surface area contributed by atoms with Crippen LogP contribution in [0.2, 0.25) is 0 Å². The van der Waals surface area contributed by atoms with Crippen molar-refractivity contribution in [2.24, 2.45) is 0 Å². The number of benzene rings is 2. The maximum atomic E-state index is 12.7. The van der Waals surface area contributed by atoms with E-state index in [1.54, 1.807) is 30.5 Å². The standard InChI is InChI=1S/C23H20F3NO3/c1-15(2)14-30-20-9-8-19(13-21(20)29-3)27-11-10-17(12-22(27)28)16-4-6-18(7-5-16)23(24,25)26/h4-13H,1,14H2,2-3H3. The zero-order valence-corrected chi connectivity index (χ0v) is 16.5. The number of methoxy groups -OCH3 is 1. The van der Waals surface area contributed by atoms with Crippen LogP contribution in [-0.2, 0) is 6.18 Å². The Bertz CT molecular complexity index is 1120. The predicted molar refractivity (Wildman–Crippen MR) is 109 cm³/mol. The number of rotatable bonds is 6. The van der Waals surface area contributed by atoms with E-state index < -0.39 is 11.7 Å². The first-order valence-electron chi connectivity index (χ1n) is 9.05. The molecule has 1 aromatic heterocycles. The van der Waals surface area contributed by atoms with Crippen LogP contribution in [0.25, 0.3) is 16.8 Å². The van der Waals surface area contributed by atoms with Crippen molar-refractivity contribution >= 4 is 0 Å². The van der Waals surface area contributed by atoms with E-state index in [1.165, 1.54) is 29.9 Å². The first-order valence-corrected chi connectivity index (χ1v) is 9.05. The Labute approximate surface area is 171 Å². The van der Waals surface area contributed by atoms with Crippen molar-refractivity contribution in [3.8, 4) is 28.3 Å². The van der Waals surface area contributed by atoms with Crippen molar-refractivity contribution in [2.45, 2.75) is 13.1 Å². The second kappa shape index (κ2) is 8.49. The molecule has 30 heavy (non-hydrogen) atoms. The largest absolute Gasteiger partial charge is 0.493 e. The van der Waals surface area contributed by atoms with Crippen LogP contribution in [0.4, 0.5) is 13.2 Å². The van der Waals surface area contributed by atoms with Crippen molar-refractivity contribution in [1.29, 1.82) is 0 Å². The number of pyridine rings is 1. The average molecular weight is 415 g/mol. The molecule has 7 heteroatoms. The van der Waals surface area contributed by atoms with E-state index in [2.05, 4.69) is 6.58 Å². The van der Waals surface area contributed by atoms with Gasteiger partial charge < -0.3 is 9.47 Å². The molecule has 0 bridgehead atoms. The molecule has 0 aliphatic carbocycles. The molecule has 0 atom stereocenters. The predicted octanol–water partition coefficient (Wildman–Crippen LogP) is 5.49. The molecule has 0 aliphatic heterocycles. The summed E-state index contributed by atoms with van der Waals surface area (Å²) in [5.74, 6) is 0.992. The molecule has 0 fully saturated rings. The van der Waals surface area contributed by atoms with E-state index in [9.17, 15) is 18.0 Å². The molecule has 0 saturated carbocycles. The van der Waals surface area contributed by atoms with Gasteiger partial charge in [-0.15, -0.1) is 0 Å². The molecule has 0 amide bonds. The van der Waals surface area contributed by atoms with Crippen LogP contribution in [0.5, 0.6) is 11.5 Å². The van der Waals surface area contributed by atoms with Gasteiger partial charge >= 0.3 is 6.18 Å². The molecule has 156 valence electrons. The minimum Gasteiger partial charge on any atom is -0.493 e. The van der Waals surface area contributed by atoms with E-state index in [0.29, 0.717) is 34.9 Å². The molecule has 3 rings (SSSR count). The summed E-state index contributed by atoms with van der Waals surface area (Å²) in [6, 6.07) is 12.8. The van der Waals surface area contributed by atoms with Crippen LogP contribution in [0.1, 0.15) is 12.5 Å². The number of hydrogen-bond donors (Lipinski definition) is 0. The summed E-state index contributed by atoms with van der Waals surface area (Å²) >= 11 is 0. The Kier molecular flexibility index (Phi) is 6.01.